The molecular formula is C13H15ClN2S2. The predicted molar refractivity (Wildman–Crippen MR) is 81.3 cm³/mol. The van der Waals surface area contributed by atoms with E-state index in [-0.39, 0.29) is 6.04 Å². The van der Waals surface area contributed by atoms with Crippen molar-refractivity contribution in [3.05, 3.63) is 51.7 Å². The van der Waals surface area contributed by atoms with E-state index < -0.39 is 0 Å². The summed E-state index contributed by atoms with van der Waals surface area (Å²) in [6.07, 6.45) is 0.910. The van der Waals surface area contributed by atoms with Crippen molar-refractivity contribution in [3.8, 4) is 0 Å². The smallest absolute Gasteiger partial charge is 0.0931 e. The van der Waals surface area contributed by atoms with Crippen LogP contribution in [0.2, 0.25) is 4.34 Å². The third-order valence-corrected chi connectivity index (χ3v) is 4.93. The molecule has 0 aliphatic rings. The van der Waals surface area contributed by atoms with Crippen LogP contribution in [0.1, 0.15) is 4.88 Å². The van der Waals surface area contributed by atoms with E-state index in [0.29, 0.717) is 0 Å². The van der Waals surface area contributed by atoms with Gasteiger partial charge in [-0.05, 0) is 30.7 Å². The lowest BCUT2D eigenvalue weighted by molar-refractivity contribution is 0.579. The van der Waals surface area contributed by atoms with Gasteiger partial charge in [-0.15, -0.1) is 23.1 Å². The van der Waals surface area contributed by atoms with Crippen molar-refractivity contribution >= 4 is 34.7 Å². The van der Waals surface area contributed by atoms with Crippen LogP contribution in [-0.4, -0.2) is 11.8 Å². The van der Waals surface area contributed by atoms with Crippen LogP contribution in [0.3, 0.4) is 0 Å². The Labute approximate surface area is 121 Å². The Morgan fingerprint density at radius 2 is 2.00 bits per heavy atom. The maximum atomic E-state index is 5.92. The number of thioether (sulfide) groups is 1. The van der Waals surface area contributed by atoms with Crippen LogP contribution in [0.4, 0.5) is 0 Å². The fraction of sp³-hybridized carbons (Fsp3) is 0.231. The normalized spacial score (nSPS) is 12.6. The number of hydrogen-bond acceptors (Lipinski definition) is 4. The SMILES string of the molecule is NNC(CSc1ccccc1)Cc1ccc(Cl)s1. The number of halogens is 1. The largest absolute Gasteiger partial charge is 0.271 e. The van der Waals surface area contributed by atoms with Crippen molar-refractivity contribution in [1.29, 1.82) is 0 Å². The van der Waals surface area contributed by atoms with Gasteiger partial charge in [-0.2, -0.15) is 0 Å². The molecule has 2 aromatic rings. The van der Waals surface area contributed by atoms with Gasteiger partial charge >= 0.3 is 0 Å². The van der Waals surface area contributed by atoms with Crippen LogP contribution in [-0.2, 0) is 6.42 Å². The van der Waals surface area contributed by atoms with E-state index in [1.807, 2.05) is 36.0 Å². The minimum atomic E-state index is 0.255. The molecule has 5 heteroatoms. The minimum Gasteiger partial charge on any atom is -0.271 e. The topological polar surface area (TPSA) is 38.0 Å². The zero-order chi connectivity index (χ0) is 12.8. The molecule has 1 unspecified atom stereocenters. The van der Waals surface area contributed by atoms with Crippen molar-refractivity contribution in [2.24, 2.45) is 5.84 Å². The van der Waals surface area contributed by atoms with Gasteiger partial charge in [0.15, 0.2) is 0 Å². The Hall–Kier alpha value is -0.520. The Morgan fingerprint density at radius 3 is 2.61 bits per heavy atom. The Morgan fingerprint density at radius 1 is 1.22 bits per heavy atom. The highest BCUT2D eigenvalue weighted by Gasteiger charge is 2.10. The maximum Gasteiger partial charge on any atom is 0.0931 e. The standard InChI is InChI=1S/C13H15ClN2S2/c14-13-7-6-12(18-13)8-10(16-15)9-17-11-4-2-1-3-5-11/h1-7,10,16H,8-9,15H2. The van der Waals surface area contributed by atoms with Gasteiger partial charge in [0, 0.05) is 21.6 Å². The molecule has 96 valence electrons. The molecule has 0 radical (unpaired) electrons. The highest BCUT2D eigenvalue weighted by Crippen LogP contribution is 2.24. The fourth-order valence-corrected chi connectivity index (χ4v) is 3.71. The van der Waals surface area contributed by atoms with Crippen LogP contribution in [0, 0.1) is 0 Å². The van der Waals surface area contributed by atoms with Gasteiger partial charge in [-0.3, -0.25) is 11.3 Å². The van der Waals surface area contributed by atoms with Gasteiger partial charge in [0.25, 0.3) is 0 Å². The third kappa shape index (κ3) is 4.30. The van der Waals surface area contributed by atoms with E-state index in [2.05, 4.69) is 23.6 Å². The summed E-state index contributed by atoms with van der Waals surface area (Å²) in [6.45, 7) is 0. The van der Waals surface area contributed by atoms with E-state index in [1.165, 1.54) is 9.77 Å². The van der Waals surface area contributed by atoms with E-state index >= 15 is 0 Å². The van der Waals surface area contributed by atoms with E-state index in [1.54, 1.807) is 11.3 Å². The first-order valence-electron chi connectivity index (χ1n) is 5.66. The highest BCUT2D eigenvalue weighted by molar-refractivity contribution is 7.99. The van der Waals surface area contributed by atoms with Crippen molar-refractivity contribution in [1.82, 2.24) is 5.43 Å². The number of hydrazine groups is 1. The third-order valence-electron chi connectivity index (χ3n) is 2.51. The van der Waals surface area contributed by atoms with Crippen LogP contribution >= 0.6 is 34.7 Å². The molecule has 0 fully saturated rings. The molecule has 18 heavy (non-hydrogen) atoms. The second-order valence-corrected chi connectivity index (χ2v) is 6.79. The lowest BCUT2D eigenvalue weighted by Gasteiger charge is -2.14. The van der Waals surface area contributed by atoms with Crippen LogP contribution in [0.5, 0.6) is 0 Å². The molecule has 1 aromatic carbocycles. The molecule has 0 saturated carbocycles. The summed E-state index contributed by atoms with van der Waals surface area (Å²) >= 11 is 9.34. The summed E-state index contributed by atoms with van der Waals surface area (Å²) in [5.74, 6) is 6.54. The molecule has 2 rings (SSSR count). The monoisotopic (exact) mass is 298 g/mol. The summed E-state index contributed by atoms with van der Waals surface area (Å²) in [5, 5.41) is 0. The second kappa shape index (κ2) is 7.16. The molecule has 3 N–H and O–H groups in total. The minimum absolute atomic E-state index is 0.255. The fourth-order valence-electron chi connectivity index (χ4n) is 1.58. The zero-order valence-electron chi connectivity index (χ0n) is 9.80. The van der Waals surface area contributed by atoms with Crippen molar-refractivity contribution in [3.63, 3.8) is 0 Å². The van der Waals surface area contributed by atoms with Crippen molar-refractivity contribution in [2.45, 2.75) is 17.4 Å². The molecule has 0 saturated heterocycles. The van der Waals surface area contributed by atoms with Gasteiger partial charge in [0.05, 0.1) is 4.34 Å². The van der Waals surface area contributed by atoms with Gasteiger partial charge in [0.2, 0.25) is 0 Å². The summed E-state index contributed by atoms with van der Waals surface area (Å²) < 4.78 is 0.830. The van der Waals surface area contributed by atoms with E-state index in [9.17, 15) is 0 Å². The first-order chi connectivity index (χ1) is 8.78. The average Bonchev–Trinajstić information content (AvgIpc) is 2.81. The molecule has 0 spiro atoms. The molecule has 0 aliphatic heterocycles. The number of benzene rings is 1. The van der Waals surface area contributed by atoms with E-state index in [4.69, 9.17) is 17.4 Å². The molecule has 1 heterocycles. The number of rotatable bonds is 6. The maximum absolute atomic E-state index is 5.92. The molecule has 0 amide bonds. The summed E-state index contributed by atoms with van der Waals surface area (Å²) in [6, 6.07) is 14.6. The molecule has 0 bridgehead atoms. The van der Waals surface area contributed by atoms with Gasteiger partial charge in [0.1, 0.15) is 0 Å². The predicted octanol–water partition coefficient (Wildman–Crippen LogP) is 3.57. The average molecular weight is 299 g/mol. The van der Waals surface area contributed by atoms with Crippen LogP contribution < -0.4 is 11.3 Å². The number of nitrogens with two attached hydrogens (primary N) is 1. The summed E-state index contributed by atoms with van der Waals surface area (Å²) in [5.41, 5.74) is 2.87. The summed E-state index contributed by atoms with van der Waals surface area (Å²) in [7, 11) is 0. The first kappa shape index (κ1) is 13.9. The van der Waals surface area contributed by atoms with Gasteiger partial charge < -0.3 is 0 Å². The quantitative estimate of drug-likeness (QED) is 0.486. The van der Waals surface area contributed by atoms with E-state index in [0.717, 1.165) is 16.5 Å². The number of nitrogens with one attached hydrogen (secondary N) is 1. The number of thiophene rings is 1. The molecule has 0 aliphatic carbocycles. The molecule has 2 nitrogen and oxygen atoms in total. The van der Waals surface area contributed by atoms with Gasteiger partial charge in [-0.25, -0.2) is 0 Å². The lowest BCUT2D eigenvalue weighted by Crippen LogP contribution is -2.38. The Kier molecular flexibility index (Phi) is 5.53. The molecule has 1 atom stereocenters. The van der Waals surface area contributed by atoms with Crippen LogP contribution in [0.15, 0.2) is 47.4 Å². The first-order valence-corrected chi connectivity index (χ1v) is 7.84. The van der Waals surface area contributed by atoms with Crippen molar-refractivity contribution in [2.75, 3.05) is 5.75 Å². The Balaban J connectivity index is 1.86. The van der Waals surface area contributed by atoms with Crippen molar-refractivity contribution < 1.29 is 0 Å². The summed E-state index contributed by atoms with van der Waals surface area (Å²) in [4.78, 5) is 2.53. The Bertz CT molecular complexity index is 473. The lowest BCUT2D eigenvalue weighted by atomic mass is 10.2. The molecular weight excluding hydrogens is 284 g/mol. The van der Waals surface area contributed by atoms with Crippen LogP contribution in [0.25, 0.3) is 0 Å². The second-order valence-electron chi connectivity index (χ2n) is 3.90. The highest BCUT2D eigenvalue weighted by atomic mass is 35.5. The van der Waals surface area contributed by atoms with Gasteiger partial charge in [-0.1, -0.05) is 29.8 Å². The molecule has 1 aromatic heterocycles. The number of hydrogen-bond donors (Lipinski definition) is 2. The zero-order valence-corrected chi connectivity index (χ0v) is 12.2.